The SMILES string of the molecule is CCCCN1CCC(c2ccc(N(C)C)cc2)C(COc2ccc(OC(F)(F)F)cc2)C1. The van der Waals surface area contributed by atoms with Crippen LogP contribution >= 0.6 is 0 Å². The van der Waals surface area contributed by atoms with Crippen molar-refractivity contribution in [1.82, 2.24) is 4.90 Å². The van der Waals surface area contributed by atoms with E-state index in [1.807, 2.05) is 14.1 Å². The molecule has 2 unspecified atom stereocenters. The van der Waals surface area contributed by atoms with Gasteiger partial charge in [0.05, 0.1) is 6.61 Å². The second-order valence-corrected chi connectivity index (χ2v) is 8.63. The summed E-state index contributed by atoms with van der Waals surface area (Å²) >= 11 is 0. The summed E-state index contributed by atoms with van der Waals surface area (Å²) in [6, 6.07) is 14.3. The Morgan fingerprint density at radius 3 is 2.25 bits per heavy atom. The fourth-order valence-electron chi connectivity index (χ4n) is 4.26. The summed E-state index contributed by atoms with van der Waals surface area (Å²) in [6.45, 7) is 5.83. The van der Waals surface area contributed by atoms with E-state index in [4.69, 9.17) is 4.74 Å². The molecule has 0 spiro atoms. The fraction of sp³-hybridized carbons (Fsp3) is 0.520. The largest absolute Gasteiger partial charge is 0.573 e. The Labute approximate surface area is 188 Å². The number of halogens is 3. The number of benzene rings is 2. The molecule has 1 aliphatic heterocycles. The highest BCUT2D eigenvalue weighted by molar-refractivity contribution is 5.46. The number of alkyl halides is 3. The van der Waals surface area contributed by atoms with Crippen LogP contribution in [0.25, 0.3) is 0 Å². The third-order valence-electron chi connectivity index (χ3n) is 6.00. The predicted octanol–water partition coefficient (Wildman–Crippen LogP) is 5.94. The molecule has 1 aliphatic rings. The molecule has 3 rings (SSSR count). The molecule has 2 aromatic rings. The zero-order valence-electron chi connectivity index (χ0n) is 19.1. The van der Waals surface area contributed by atoms with Crippen molar-refractivity contribution >= 4 is 5.69 Å². The van der Waals surface area contributed by atoms with Gasteiger partial charge in [-0.1, -0.05) is 25.5 Å². The van der Waals surface area contributed by atoms with Gasteiger partial charge < -0.3 is 19.3 Å². The summed E-state index contributed by atoms with van der Waals surface area (Å²) in [5, 5.41) is 0. The number of rotatable bonds is 9. The topological polar surface area (TPSA) is 24.9 Å². The number of unbranched alkanes of at least 4 members (excludes halogenated alkanes) is 1. The van der Waals surface area contributed by atoms with Crippen molar-refractivity contribution in [3.05, 3.63) is 54.1 Å². The van der Waals surface area contributed by atoms with Crippen LogP contribution in [0.1, 0.15) is 37.7 Å². The van der Waals surface area contributed by atoms with Gasteiger partial charge in [-0.3, -0.25) is 0 Å². The lowest BCUT2D eigenvalue weighted by molar-refractivity contribution is -0.274. The van der Waals surface area contributed by atoms with Gasteiger partial charge in [0.25, 0.3) is 0 Å². The minimum absolute atomic E-state index is 0.243. The molecule has 176 valence electrons. The van der Waals surface area contributed by atoms with E-state index in [2.05, 4.69) is 45.7 Å². The summed E-state index contributed by atoms with van der Waals surface area (Å²) in [5.74, 6) is 0.993. The molecule has 1 fully saturated rings. The van der Waals surface area contributed by atoms with Crippen molar-refractivity contribution in [2.45, 2.75) is 38.5 Å². The first-order valence-corrected chi connectivity index (χ1v) is 11.2. The van der Waals surface area contributed by atoms with Crippen molar-refractivity contribution in [3.63, 3.8) is 0 Å². The molecule has 1 saturated heterocycles. The Bertz CT molecular complexity index is 823. The van der Waals surface area contributed by atoms with Crippen molar-refractivity contribution in [2.75, 3.05) is 45.2 Å². The average molecular weight is 451 g/mol. The third-order valence-corrected chi connectivity index (χ3v) is 6.00. The van der Waals surface area contributed by atoms with Crippen LogP contribution in [0.2, 0.25) is 0 Å². The predicted molar refractivity (Wildman–Crippen MR) is 122 cm³/mol. The van der Waals surface area contributed by atoms with E-state index in [-0.39, 0.29) is 5.75 Å². The van der Waals surface area contributed by atoms with Crippen LogP contribution in [-0.2, 0) is 0 Å². The summed E-state index contributed by atoms with van der Waals surface area (Å²) in [5.41, 5.74) is 2.48. The van der Waals surface area contributed by atoms with E-state index in [0.29, 0.717) is 24.2 Å². The molecule has 0 saturated carbocycles. The first-order chi connectivity index (χ1) is 15.2. The van der Waals surface area contributed by atoms with Gasteiger partial charge in [-0.05, 0) is 73.8 Å². The van der Waals surface area contributed by atoms with E-state index < -0.39 is 6.36 Å². The van der Waals surface area contributed by atoms with Gasteiger partial charge in [0.1, 0.15) is 11.5 Å². The normalized spacial score (nSPS) is 19.6. The van der Waals surface area contributed by atoms with Crippen molar-refractivity contribution < 1.29 is 22.6 Å². The number of hydrogen-bond acceptors (Lipinski definition) is 4. The standard InChI is InChI=1S/C25H33F3N2O2/c1-4-5-15-30-16-14-24(19-6-8-21(9-7-19)29(2)3)20(17-30)18-31-22-10-12-23(13-11-22)32-25(26,27)28/h6-13,20,24H,4-5,14-18H2,1-3H3. The second kappa shape index (κ2) is 10.9. The van der Waals surface area contributed by atoms with Gasteiger partial charge in [-0.15, -0.1) is 13.2 Å². The minimum atomic E-state index is -4.69. The lowest BCUT2D eigenvalue weighted by Gasteiger charge is -2.39. The summed E-state index contributed by atoms with van der Waals surface area (Å²) < 4.78 is 47.1. The van der Waals surface area contributed by atoms with Crippen molar-refractivity contribution in [1.29, 1.82) is 0 Å². The third kappa shape index (κ3) is 7.05. The number of ether oxygens (including phenoxy) is 2. The number of piperidine rings is 1. The maximum absolute atomic E-state index is 12.4. The smallest absolute Gasteiger partial charge is 0.493 e. The maximum atomic E-state index is 12.4. The molecule has 2 aromatic carbocycles. The molecule has 0 aliphatic carbocycles. The van der Waals surface area contributed by atoms with E-state index in [1.54, 1.807) is 0 Å². The van der Waals surface area contributed by atoms with E-state index in [0.717, 1.165) is 26.1 Å². The lowest BCUT2D eigenvalue weighted by Crippen LogP contribution is -2.42. The highest BCUT2D eigenvalue weighted by Crippen LogP contribution is 2.35. The molecular weight excluding hydrogens is 417 g/mol. The first kappa shape index (κ1) is 24.2. The molecule has 0 bridgehead atoms. The molecular formula is C25H33F3N2O2. The summed E-state index contributed by atoms with van der Waals surface area (Å²) in [7, 11) is 4.06. The molecule has 1 heterocycles. The number of hydrogen-bond donors (Lipinski definition) is 0. The van der Waals surface area contributed by atoms with Gasteiger partial charge in [-0.25, -0.2) is 0 Å². The Hall–Kier alpha value is -2.41. The number of likely N-dealkylation sites (tertiary alicyclic amines) is 1. The fourth-order valence-corrected chi connectivity index (χ4v) is 4.26. The van der Waals surface area contributed by atoms with Gasteiger partial charge >= 0.3 is 6.36 Å². The Kier molecular flexibility index (Phi) is 8.29. The van der Waals surface area contributed by atoms with Gasteiger partial charge in [0.2, 0.25) is 0 Å². The van der Waals surface area contributed by atoms with Crippen molar-refractivity contribution in [2.24, 2.45) is 5.92 Å². The van der Waals surface area contributed by atoms with Crippen LogP contribution in [0, 0.1) is 5.92 Å². The molecule has 4 nitrogen and oxygen atoms in total. The van der Waals surface area contributed by atoms with Gasteiger partial charge in [0, 0.05) is 32.2 Å². The molecule has 0 N–H and O–H groups in total. The zero-order chi connectivity index (χ0) is 23.1. The van der Waals surface area contributed by atoms with Crippen LogP contribution in [0.4, 0.5) is 18.9 Å². The highest BCUT2D eigenvalue weighted by Gasteiger charge is 2.32. The maximum Gasteiger partial charge on any atom is 0.573 e. The van der Waals surface area contributed by atoms with Crippen LogP contribution in [-0.4, -0.2) is 51.6 Å². The van der Waals surface area contributed by atoms with Gasteiger partial charge in [-0.2, -0.15) is 0 Å². The number of anilines is 1. The zero-order valence-corrected chi connectivity index (χ0v) is 19.1. The molecule has 0 aromatic heterocycles. The van der Waals surface area contributed by atoms with Crippen molar-refractivity contribution in [3.8, 4) is 11.5 Å². The summed E-state index contributed by atoms with van der Waals surface area (Å²) in [6.07, 6.45) is -1.28. The Morgan fingerprint density at radius 1 is 1.00 bits per heavy atom. The molecule has 0 radical (unpaired) electrons. The van der Waals surface area contributed by atoms with Crippen LogP contribution < -0.4 is 14.4 Å². The average Bonchev–Trinajstić information content (AvgIpc) is 2.76. The van der Waals surface area contributed by atoms with Crippen LogP contribution in [0.3, 0.4) is 0 Å². The Morgan fingerprint density at radius 2 is 1.66 bits per heavy atom. The number of nitrogens with zero attached hydrogens (tertiary/aromatic N) is 2. The molecule has 0 amide bonds. The van der Waals surface area contributed by atoms with E-state index in [1.165, 1.54) is 48.4 Å². The van der Waals surface area contributed by atoms with Gasteiger partial charge in [0.15, 0.2) is 0 Å². The monoisotopic (exact) mass is 450 g/mol. The molecule has 7 heteroatoms. The first-order valence-electron chi connectivity index (χ1n) is 11.2. The van der Waals surface area contributed by atoms with E-state index >= 15 is 0 Å². The minimum Gasteiger partial charge on any atom is -0.493 e. The quantitative estimate of drug-likeness (QED) is 0.472. The lowest BCUT2D eigenvalue weighted by atomic mass is 9.80. The molecule has 2 atom stereocenters. The van der Waals surface area contributed by atoms with Crippen LogP contribution in [0.5, 0.6) is 11.5 Å². The van der Waals surface area contributed by atoms with E-state index in [9.17, 15) is 13.2 Å². The van der Waals surface area contributed by atoms with Crippen LogP contribution in [0.15, 0.2) is 48.5 Å². The Balaban J connectivity index is 1.68. The highest BCUT2D eigenvalue weighted by atomic mass is 19.4. The molecule has 32 heavy (non-hydrogen) atoms. The summed E-state index contributed by atoms with van der Waals surface area (Å²) in [4.78, 5) is 4.59. The second-order valence-electron chi connectivity index (χ2n) is 8.63.